The fourth-order valence-corrected chi connectivity index (χ4v) is 4.25. The van der Waals surface area contributed by atoms with Crippen LogP contribution in [0.1, 0.15) is 49.6 Å². The van der Waals surface area contributed by atoms with Gasteiger partial charge in [-0.1, -0.05) is 38.1 Å². The van der Waals surface area contributed by atoms with Crippen molar-refractivity contribution in [1.29, 1.82) is 0 Å². The summed E-state index contributed by atoms with van der Waals surface area (Å²) in [6.07, 6.45) is 2.09. The standard InChI is InChI=1S/C26H35N3O2/c1-20(2)22-11-10-21(3)18-25(22)31-15-7-6-12-29-24-9-5-4-8-23(24)27-26(29)19-28-13-16-30-17-14-28/h4-5,8-11,18,20H,6-7,12-17,19H2,1-3H3. The van der Waals surface area contributed by atoms with Gasteiger partial charge in [0.1, 0.15) is 11.6 Å². The molecule has 0 amide bonds. The molecule has 0 spiro atoms. The Hall–Kier alpha value is -2.37. The molecule has 2 heterocycles. The van der Waals surface area contributed by atoms with Gasteiger partial charge in [0.15, 0.2) is 0 Å². The molecule has 0 radical (unpaired) electrons. The zero-order chi connectivity index (χ0) is 21.6. The molecule has 31 heavy (non-hydrogen) atoms. The second kappa shape index (κ2) is 10.3. The van der Waals surface area contributed by atoms with Crippen LogP contribution >= 0.6 is 0 Å². The van der Waals surface area contributed by atoms with Gasteiger partial charge in [-0.3, -0.25) is 4.90 Å². The molecule has 3 aromatic rings. The minimum absolute atomic E-state index is 0.468. The van der Waals surface area contributed by atoms with E-state index in [1.54, 1.807) is 0 Å². The average molecular weight is 422 g/mol. The van der Waals surface area contributed by atoms with E-state index in [9.17, 15) is 0 Å². The van der Waals surface area contributed by atoms with Crippen molar-refractivity contribution in [3.05, 3.63) is 59.4 Å². The van der Waals surface area contributed by atoms with Crippen LogP contribution in [0.4, 0.5) is 0 Å². The molecule has 1 aliphatic rings. The third-order valence-corrected chi connectivity index (χ3v) is 6.03. The molecule has 4 rings (SSSR count). The van der Waals surface area contributed by atoms with Crippen LogP contribution in [0.25, 0.3) is 11.0 Å². The molecule has 0 aliphatic carbocycles. The predicted octanol–water partition coefficient (Wildman–Crippen LogP) is 5.16. The van der Waals surface area contributed by atoms with E-state index >= 15 is 0 Å². The molecule has 1 aliphatic heterocycles. The Balaban J connectivity index is 1.38. The molecule has 0 unspecified atom stereocenters. The lowest BCUT2D eigenvalue weighted by molar-refractivity contribution is 0.0326. The molecule has 0 N–H and O–H groups in total. The Morgan fingerprint density at radius 1 is 1.06 bits per heavy atom. The average Bonchev–Trinajstić information content (AvgIpc) is 3.11. The van der Waals surface area contributed by atoms with E-state index in [0.29, 0.717) is 5.92 Å². The first-order valence-electron chi connectivity index (χ1n) is 11.6. The van der Waals surface area contributed by atoms with E-state index in [-0.39, 0.29) is 0 Å². The van der Waals surface area contributed by atoms with E-state index in [1.807, 2.05) is 0 Å². The Labute approximate surface area is 186 Å². The van der Waals surface area contributed by atoms with Gasteiger partial charge in [0, 0.05) is 19.6 Å². The van der Waals surface area contributed by atoms with Crippen LogP contribution in [-0.4, -0.2) is 47.4 Å². The van der Waals surface area contributed by atoms with Crippen molar-refractivity contribution in [3.8, 4) is 5.75 Å². The van der Waals surface area contributed by atoms with Gasteiger partial charge in [-0.25, -0.2) is 4.98 Å². The van der Waals surface area contributed by atoms with Gasteiger partial charge in [-0.2, -0.15) is 0 Å². The van der Waals surface area contributed by atoms with E-state index in [0.717, 1.165) is 75.9 Å². The molecule has 166 valence electrons. The van der Waals surface area contributed by atoms with Crippen molar-refractivity contribution in [2.24, 2.45) is 0 Å². The van der Waals surface area contributed by atoms with E-state index in [4.69, 9.17) is 14.5 Å². The van der Waals surface area contributed by atoms with Crippen molar-refractivity contribution in [3.63, 3.8) is 0 Å². The lowest BCUT2D eigenvalue weighted by Gasteiger charge is -2.26. The maximum absolute atomic E-state index is 6.19. The van der Waals surface area contributed by atoms with Gasteiger partial charge in [-0.15, -0.1) is 0 Å². The summed E-state index contributed by atoms with van der Waals surface area (Å²) in [6, 6.07) is 15.0. The van der Waals surface area contributed by atoms with Crippen molar-refractivity contribution in [2.45, 2.75) is 52.6 Å². The van der Waals surface area contributed by atoms with Crippen LogP contribution in [0.15, 0.2) is 42.5 Å². The fourth-order valence-electron chi connectivity index (χ4n) is 4.25. The summed E-state index contributed by atoms with van der Waals surface area (Å²) >= 11 is 0. The lowest BCUT2D eigenvalue weighted by Crippen LogP contribution is -2.36. The molecule has 0 atom stereocenters. The van der Waals surface area contributed by atoms with Crippen LogP contribution in [0.5, 0.6) is 5.75 Å². The van der Waals surface area contributed by atoms with Crippen molar-refractivity contribution >= 4 is 11.0 Å². The number of morpholine rings is 1. The number of aromatic nitrogens is 2. The van der Waals surface area contributed by atoms with E-state index in [1.165, 1.54) is 16.6 Å². The highest BCUT2D eigenvalue weighted by atomic mass is 16.5. The number of hydrogen-bond donors (Lipinski definition) is 0. The van der Waals surface area contributed by atoms with Crippen LogP contribution in [0, 0.1) is 6.92 Å². The van der Waals surface area contributed by atoms with Gasteiger partial charge in [0.05, 0.1) is 37.4 Å². The van der Waals surface area contributed by atoms with Crippen molar-refractivity contribution in [2.75, 3.05) is 32.9 Å². The second-order valence-electron chi connectivity index (χ2n) is 8.81. The van der Waals surface area contributed by atoms with Crippen LogP contribution < -0.4 is 4.74 Å². The molecule has 2 aromatic carbocycles. The van der Waals surface area contributed by atoms with Crippen molar-refractivity contribution < 1.29 is 9.47 Å². The maximum Gasteiger partial charge on any atom is 0.124 e. The number of para-hydroxylation sites is 2. The Bertz CT molecular complexity index is 989. The van der Waals surface area contributed by atoms with Gasteiger partial charge >= 0.3 is 0 Å². The molecule has 1 saturated heterocycles. The SMILES string of the molecule is Cc1ccc(C(C)C)c(OCCCCn2c(CN3CCOCC3)nc3ccccc32)c1. The highest BCUT2D eigenvalue weighted by molar-refractivity contribution is 5.75. The zero-order valence-electron chi connectivity index (χ0n) is 19.1. The molecule has 0 saturated carbocycles. The zero-order valence-corrected chi connectivity index (χ0v) is 19.1. The molecular formula is C26H35N3O2. The summed E-state index contributed by atoms with van der Waals surface area (Å²) in [6.45, 7) is 12.7. The normalized spacial score (nSPS) is 15.1. The van der Waals surface area contributed by atoms with Gasteiger partial charge in [0.2, 0.25) is 0 Å². The summed E-state index contributed by atoms with van der Waals surface area (Å²) < 4.78 is 14.1. The molecular weight excluding hydrogens is 386 g/mol. The third kappa shape index (κ3) is 5.46. The topological polar surface area (TPSA) is 39.5 Å². The lowest BCUT2D eigenvalue weighted by atomic mass is 10.0. The number of hydrogen-bond acceptors (Lipinski definition) is 4. The summed E-state index contributed by atoms with van der Waals surface area (Å²) in [4.78, 5) is 7.38. The monoisotopic (exact) mass is 421 g/mol. The number of nitrogens with zero attached hydrogens (tertiary/aromatic N) is 3. The summed E-state index contributed by atoms with van der Waals surface area (Å²) in [5.41, 5.74) is 4.85. The van der Waals surface area contributed by atoms with Crippen molar-refractivity contribution in [1.82, 2.24) is 14.5 Å². The highest BCUT2D eigenvalue weighted by Crippen LogP contribution is 2.27. The molecule has 0 bridgehead atoms. The number of benzene rings is 2. The summed E-state index contributed by atoms with van der Waals surface area (Å²) in [5, 5.41) is 0. The number of rotatable bonds is 9. The number of aryl methyl sites for hydroxylation is 2. The van der Waals surface area contributed by atoms with Crippen LogP contribution in [-0.2, 0) is 17.8 Å². The quantitative estimate of drug-likeness (QED) is 0.448. The molecule has 5 nitrogen and oxygen atoms in total. The van der Waals surface area contributed by atoms with Gasteiger partial charge in [-0.05, 0) is 55.0 Å². The van der Waals surface area contributed by atoms with Gasteiger partial charge < -0.3 is 14.0 Å². The maximum atomic E-state index is 6.19. The number of unbranched alkanes of at least 4 members (excludes halogenated alkanes) is 1. The first kappa shape index (κ1) is 21.8. The fraction of sp³-hybridized carbons (Fsp3) is 0.500. The number of ether oxygens (including phenoxy) is 2. The minimum atomic E-state index is 0.468. The first-order chi connectivity index (χ1) is 15.1. The largest absolute Gasteiger partial charge is 0.493 e. The Kier molecular flexibility index (Phi) is 7.25. The van der Waals surface area contributed by atoms with E-state index in [2.05, 4.69) is 72.7 Å². The molecule has 1 aromatic heterocycles. The summed E-state index contributed by atoms with van der Waals surface area (Å²) in [7, 11) is 0. The number of imidazole rings is 1. The first-order valence-corrected chi connectivity index (χ1v) is 11.6. The second-order valence-corrected chi connectivity index (χ2v) is 8.81. The Morgan fingerprint density at radius 2 is 1.87 bits per heavy atom. The smallest absolute Gasteiger partial charge is 0.124 e. The predicted molar refractivity (Wildman–Crippen MR) is 126 cm³/mol. The molecule has 1 fully saturated rings. The Morgan fingerprint density at radius 3 is 2.68 bits per heavy atom. The number of fused-ring (bicyclic) bond motifs is 1. The van der Waals surface area contributed by atoms with Gasteiger partial charge in [0.25, 0.3) is 0 Å². The third-order valence-electron chi connectivity index (χ3n) is 6.03. The molecule has 5 heteroatoms. The minimum Gasteiger partial charge on any atom is -0.493 e. The van der Waals surface area contributed by atoms with Crippen LogP contribution in [0.3, 0.4) is 0 Å². The van der Waals surface area contributed by atoms with Crippen LogP contribution in [0.2, 0.25) is 0 Å². The van der Waals surface area contributed by atoms with E-state index < -0.39 is 0 Å². The summed E-state index contributed by atoms with van der Waals surface area (Å²) in [5.74, 6) is 2.66. The highest BCUT2D eigenvalue weighted by Gasteiger charge is 2.16.